The molecule has 0 heterocycles. The van der Waals surface area contributed by atoms with Crippen molar-refractivity contribution >= 4 is 31.6 Å². The number of sulfonamides is 1. The highest BCUT2D eigenvalue weighted by atomic mass is 79.9. The first-order valence-electron chi connectivity index (χ1n) is 6.03. The molecule has 0 saturated carbocycles. The number of hydrogen-bond acceptors (Lipinski definition) is 4. The highest BCUT2D eigenvalue weighted by Gasteiger charge is 2.12. The lowest BCUT2D eigenvalue weighted by molar-refractivity contribution is 0.415. The maximum atomic E-state index is 11.9. The normalized spacial score (nSPS) is 11.3. The predicted octanol–water partition coefficient (Wildman–Crippen LogP) is 2.20. The molecule has 0 aliphatic heterocycles. The minimum atomic E-state index is -3.34. The van der Waals surface area contributed by atoms with Crippen LogP contribution in [0.15, 0.2) is 22.7 Å². The molecule has 1 aromatic carbocycles. The zero-order valence-electron chi connectivity index (χ0n) is 11.1. The van der Waals surface area contributed by atoms with E-state index in [9.17, 15) is 8.42 Å². The molecule has 7 heteroatoms. The Morgan fingerprint density at radius 2 is 2.11 bits per heavy atom. The Labute approximate surface area is 122 Å². The smallest absolute Gasteiger partial charge is 0.232 e. The Balaban J connectivity index is 2.67. The van der Waals surface area contributed by atoms with Gasteiger partial charge in [-0.1, -0.05) is 6.92 Å². The van der Waals surface area contributed by atoms with E-state index in [-0.39, 0.29) is 5.75 Å². The molecule has 0 atom stereocenters. The molecule has 0 aliphatic rings. The van der Waals surface area contributed by atoms with Crippen molar-refractivity contribution in [3.8, 4) is 5.75 Å². The van der Waals surface area contributed by atoms with Gasteiger partial charge in [-0.05, 0) is 47.6 Å². The fraction of sp³-hybridized carbons (Fsp3) is 0.500. The molecule has 0 spiro atoms. The third kappa shape index (κ3) is 5.80. The van der Waals surface area contributed by atoms with Gasteiger partial charge in [-0.15, -0.1) is 0 Å². The lowest BCUT2D eigenvalue weighted by Gasteiger charge is -2.11. The maximum absolute atomic E-state index is 11.9. The van der Waals surface area contributed by atoms with Gasteiger partial charge in [-0.2, -0.15) is 0 Å². The Kier molecular flexibility index (Phi) is 6.60. The minimum Gasteiger partial charge on any atom is -0.497 e. The number of anilines is 1. The van der Waals surface area contributed by atoms with Gasteiger partial charge in [0.2, 0.25) is 10.0 Å². The van der Waals surface area contributed by atoms with Crippen LogP contribution >= 0.6 is 15.9 Å². The van der Waals surface area contributed by atoms with E-state index < -0.39 is 10.0 Å². The first-order valence-corrected chi connectivity index (χ1v) is 8.47. The number of hydrogen-bond donors (Lipinski definition) is 2. The zero-order chi connectivity index (χ0) is 14.3. The molecule has 0 amide bonds. The van der Waals surface area contributed by atoms with Crippen LogP contribution in [0.2, 0.25) is 0 Å². The number of halogens is 1. The molecular weight excluding hydrogens is 332 g/mol. The van der Waals surface area contributed by atoms with Crippen LogP contribution in [-0.4, -0.2) is 34.4 Å². The fourth-order valence-electron chi connectivity index (χ4n) is 1.49. The average Bonchev–Trinajstić information content (AvgIpc) is 2.37. The number of benzene rings is 1. The lowest BCUT2D eigenvalue weighted by atomic mass is 10.3. The molecule has 0 saturated heterocycles. The Morgan fingerprint density at radius 3 is 2.74 bits per heavy atom. The van der Waals surface area contributed by atoms with Crippen molar-refractivity contribution in [1.82, 2.24) is 5.32 Å². The van der Waals surface area contributed by atoms with E-state index in [0.717, 1.165) is 6.54 Å². The molecule has 108 valence electrons. The first-order chi connectivity index (χ1) is 8.98. The van der Waals surface area contributed by atoms with Crippen LogP contribution in [-0.2, 0) is 10.0 Å². The Bertz CT molecular complexity index is 506. The minimum absolute atomic E-state index is 0.0870. The predicted molar refractivity (Wildman–Crippen MR) is 81.3 cm³/mol. The van der Waals surface area contributed by atoms with Crippen LogP contribution in [0.5, 0.6) is 5.75 Å². The second-order valence-corrected chi connectivity index (χ2v) is 6.67. The summed E-state index contributed by atoms with van der Waals surface area (Å²) in [5.41, 5.74) is 0.489. The van der Waals surface area contributed by atoms with Crippen LogP contribution in [0.1, 0.15) is 13.3 Å². The molecule has 2 N–H and O–H groups in total. The third-order valence-electron chi connectivity index (χ3n) is 2.46. The van der Waals surface area contributed by atoms with E-state index in [1.54, 1.807) is 18.2 Å². The van der Waals surface area contributed by atoms with E-state index in [0.29, 0.717) is 28.9 Å². The first kappa shape index (κ1) is 16.3. The topological polar surface area (TPSA) is 67.4 Å². The summed E-state index contributed by atoms with van der Waals surface area (Å²) in [6.45, 7) is 3.52. The van der Waals surface area contributed by atoms with Crippen molar-refractivity contribution in [2.24, 2.45) is 0 Å². The molecule has 0 fully saturated rings. The second-order valence-electron chi connectivity index (χ2n) is 3.97. The summed E-state index contributed by atoms with van der Waals surface area (Å²) >= 11 is 3.31. The maximum Gasteiger partial charge on any atom is 0.232 e. The van der Waals surface area contributed by atoms with Gasteiger partial charge in [0.25, 0.3) is 0 Å². The molecule has 0 bridgehead atoms. The van der Waals surface area contributed by atoms with Gasteiger partial charge < -0.3 is 10.1 Å². The van der Waals surface area contributed by atoms with Crippen LogP contribution in [0.3, 0.4) is 0 Å². The quantitative estimate of drug-likeness (QED) is 0.705. The van der Waals surface area contributed by atoms with Crippen LogP contribution in [0, 0.1) is 0 Å². The molecule has 19 heavy (non-hydrogen) atoms. The Morgan fingerprint density at radius 1 is 1.37 bits per heavy atom. The number of ether oxygens (including phenoxy) is 1. The molecular formula is C12H19BrN2O3S. The fourth-order valence-corrected chi connectivity index (χ4v) is 3.10. The van der Waals surface area contributed by atoms with Gasteiger partial charge in [0.05, 0.1) is 18.6 Å². The van der Waals surface area contributed by atoms with Crippen molar-refractivity contribution in [3.05, 3.63) is 22.7 Å². The van der Waals surface area contributed by atoms with E-state index in [4.69, 9.17) is 4.74 Å². The van der Waals surface area contributed by atoms with Gasteiger partial charge in [-0.3, -0.25) is 4.72 Å². The summed E-state index contributed by atoms with van der Waals surface area (Å²) in [7, 11) is -1.80. The second kappa shape index (κ2) is 7.72. The van der Waals surface area contributed by atoms with Crippen molar-refractivity contribution < 1.29 is 13.2 Å². The van der Waals surface area contributed by atoms with Gasteiger partial charge in [0.15, 0.2) is 0 Å². The summed E-state index contributed by atoms with van der Waals surface area (Å²) in [5.74, 6) is 0.692. The van der Waals surface area contributed by atoms with Crippen molar-refractivity contribution in [2.75, 3.05) is 30.7 Å². The summed E-state index contributed by atoms with van der Waals surface area (Å²) < 4.78 is 32.1. The van der Waals surface area contributed by atoms with Gasteiger partial charge in [0.1, 0.15) is 5.75 Å². The monoisotopic (exact) mass is 350 g/mol. The van der Waals surface area contributed by atoms with Crippen molar-refractivity contribution in [2.45, 2.75) is 13.3 Å². The van der Waals surface area contributed by atoms with Crippen molar-refractivity contribution in [1.29, 1.82) is 0 Å². The molecule has 0 unspecified atom stereocenters. The third-order valence-corrected chi connectivity index (χ3v) is 4.50. The molecule has 1 aromatic rings. The SMILES string of the molecule is CCNCCCS(=O)(=O)Nc1cc(OC)ccc1Br. The van der Waals surface area contributed by atoms with Gasteiger partial charge in [0, 0.05) is 10.5 Å². The largest absolute Gasteiger partial charge is 0.497 e. The zero-order valence-corrected chi connectivity index (χ0v) is 13.5. The molecule has 1 rings (SSSR count). The highest BCUT2D eigenvalue weighted by Crippen LogP contribution is 2.27. The molecule has 0 aromatic heterocycles. The van der Waals surface area contributed by atoms with Crippen LogP contribution in [0.4, 0.5) is 5.69 Å². The summed E-state index contributed by atoms with van der Waals surface area (Å²) in [4.78, 5) is 0. The summed E-state index contributed by atoms with van der Waals surface area (Å²) in [6.07, 6.45) is 0.574. The molecule has 5 nitrogen and oxygen atoms in total. The summed E-state index contributed by atoms with van der Waals surface area (Å²) in [5, 5.41) is 3.09. The van der Waals surface area contributed by atoms with E-state index in [2.05, 4.69) is 26.0 Å². The van der Waals surface area contributed by atoms with E-state index in [1.807, 2.05) is 6.92 Å². The lowest BCUT2D eigenvalue weighted by Crippen LogP contribution is -2.22. The van der Waals surface area contributed by atoms with Crippen LogP contribution in [0.25, 0.3) is 0 Å². The highest BCUT2D eigenvalue weighted by molar-refractivity contribution is 9.10. The molecule has 0 aliphatic carbocycles. The number of rotatable bonds is 8. The number of methoxy groups -OCH3 is 1. The van der Waals surface area contributed by atoms with Crippen molar-refractivity contribution in [3.63, 3.8) is 0 Å². The van der Waals surface area contributed by atoms with E-state index in [1.165, 1.54) is 7.11 Å². The van der Waals surface area contributed by atoms with E-state index >= 15 is 0 Å². The standard InChI is InChI=1S/C12H19BrN2O3S/c1-3-14-7-4-8-19(16,17)15-12-9-10(18-2)5-6-11(12)13/h5-6,9,14-15H,3-4,7-8H2,1-2H3. The molecule has 0 radical (unpaired) electrons. The average molecular weight is 351 g/mol. The van der Waals surface area contributed by atoms with Gasteiger partial charge in [-0.25, -0.2) is 8.42 Å². The van der Waals surface area contributed by atoms with Crippen LogP contribution < -0.4 is 14.8 Å². The summed E-state index contributed by atoms with van der Waals surface area (Å²) in [6, 6.07) is 5.15. The number of nitrogens with one attached hydrogen (secondary N) is 2. The van der Waals surface area contributed by atoms with Gasteiger partial charge >= 0.3 is 0 Å². The Hall–Kier alpha value is -0.790.